The molecule has 0 radical (unpaired) electrons. The highest BCUT2D eigenvalue weighted by Crippen LogP contribution is 2.21. The summed E-state index contributed by atoms with van der Waals surface area (Å²) in [5.74, 6) is 0.0644. The van der Waals surface area contributed by atoms with Crippen LogP contribution >= 0.6 is 24.8 Å². The van der Waals surface area contributed by atoms with E-state index >= 15 is 0 Å². The molecule has 120 valence electrons. The average Bonchev–Trinajstić information content (AvgIpc) is 2.93. The van der Waals surface area contributed by atoms with Gasteiger partial charge in [-0.2, -0.15) is 0 Å². The maximum atomic E-state index is 11.8. The molecule has 1 amide bonds. The lowest BCUT2D eigenvalue weighted by atomic mass is 10.2. The van der Waals surface area contributed by atoms with Crippen LogP contribution in [0.5, 0.6) is 0 Å². The fraction of sp³-hybridized carbons (Fsp3) is 0.923. The standard InChI is InChI=1S/C13H25N3O2.2ClH/c1-16(11-4-2-3-5-11)8-6-15-13(17)12-10-18-9-7-14-12;;/h11-12,14H,2-10H2,1H3,(H,15,17);2*1H. The predicted molar refractivity (Wildman–Crippen MR) is 85.0 cm³/mol. The van der Waals surface area contributed by atoms with Crippen LogP contribution in [0, 0.1) is 0 Å². The molecular formula is C13H27Cl2N3O2. The predicted octanol–water partition coefficient (Wildman–Crippen LogP) is 0.809. The Morgan fingerprint density at radius 3 is 2.65 bits per heavy atom. The molecule has 1 heterocycles. The van der Waals surface area contributed by atoms with Crippen molar-refractivity contribution in [1.82, 2.24) is 15.5 Å². The van der Waals surface area contributed by atoms with Crippen molar-refractivity contribution in [2.24, 2.45) is 0 Å². The average molecular weight is 328 g/mol. The molecule has 1 aliphatic heterocycles. The van der Waals surface area contributed by atoms with Crippen molar-refractivity contribution in [2.75, 3.05) is 39.9 Å². The molecule has 1 atom stereocenters. The molecule has 0 aromatic heterocycles. The van der Waals surface area contributed by atoms with Crippen molar-refractivity contribution in [1.29, 1.82) is 0 Å². The second-order valence-electron chi connectivity index (χ2n) is 5.29. The summed E-state index contributed by atoms with van der Waals surface area (Å²) < 4.78 is 5.28. The number of carbonyl (C=O) groups excluding carboxylic acids is 1. The van der Waals surface area contributed by atoms with Crippen LogP contribution < -0.4 is 10.6 Å². The van der Waals surface area contributed by atoms with Gasteiger partial charge in [0.15, 0.2) is 0 Å². The number of likely N-dealkylation sites (N-methyl/N-ethyl adjacent to an activating group) is 1. The third-order valence-electron chi connectivity index (χ3n) is 3.95. The van der Waals surface area contributed by atoms with Crippen molar-refractivity contribution in [3.8, 4) is 0 Å². The Morgan fingerprint density at radius 2 is 2.05 bits per heavy atom. The van der Waals surface area contributed by atoms with Gasteiger partial charge in [-0.1, -0.05) is 12.8 Å². The third kappa shape index (κ3) is 6.14. The minimum atomic E-state index is -0.171. The number of nitrogens with one attached hydrogen (secondary N) is 2. The largest absolute Gasteiger partial charge is 0.378 e. The molecule has 0 spiro atoms. The van der Waals surface area contributed by atoms with E-state index in [1.807, 2.05) is 0 Å². The van der Waals surface area contributed by atoms with Gasteiger partial charge in [-0.3, -0.25) is 4.79 Å². The second kappa shape index (κ2) is 10.6. The number of hydrogen-bond donors (Lipinski definition) is 2. The first kappa shape index (κ1) is 19.9. The van der Waals surface area contributed by atoms with E-state index in [4.69, 9.17) is 4.74 Å². The lowest BCUT2D eigenvalue weighted by Crippen LogP contribution is -2.52. The number of halogens is 2. The maximum Gasteiger partial charge on any atom is 0.239 e. The number of ether oxygens (including phenoxy) is 1. The Hall–Kier alpha value is -0.0700. The highest BCUT2D eigenvalue weighted by Gasteiger charge is 2.22. The van der Waals surface area contributed by atoms with Gasteiger partial charge in [0, 0.05) is 25.7 Å². The van der Waals surface area contributed by atoms with E-state index in [0.29, 0.717) is 13.2 Å². The lowest BCUT2D eigenvalue weighted by molar-refractivity contribution is -0.125. The topological polar surface area (TPSA) is 53.6 Å². The molecule has 7 heteroatoms. The first-order valence-corrected chi connectivity index (χ1v) is 7.06. The summed E-state index contributed by atoms with van der Waals surface area (Å²) in [5, 5.41) is 6.15. The highest BCUT2D eigenvalue weighted by atomic mass is 35.5. The van der Waals surface area contributed by atoms with Crippen LogP contribution in [0.4, 0.5) is 0 Å². The van der Waals surface area contributed by atoms with E-state index < -0.39 is 0 Å². The van der Waals surface area contributed by atoms with Crippen molar-refractivity contribution in [3.05, 3.63) is 0 Å². The molecule has 0 aromatic carbocycles. The van der Waals surface area contributed by atoms with Gasteiger partial charge in [-0.05, 0) is 19.9 Å². The Kier molecular flexibility index (Phi) is 10.6. The van der Waals surface area contributed by atoms with Gasteiger partial charge < -0.3 is 20.3 Å². The van der Waals surface area contributed by atoms with E-state index in [2.05, 4.69) is 22.6 Å². The zero-order valence-corrected chi connectivity index (χ0v) is 13.7. The zero-order chi connectivity index (χ0) is 12.8. The first-order chi connectivity index (χ1) is 8.77. The fourth-order valence-electron chi connectivity index (χ4n) is 2.74. The molecule has 1 saturated carbocycles. The molecule has 2 N–H and O–H groups in total. The summed E-state index contributed by atoms with van der Waals surface area (Å²) in [6.07, 6.45) is 5.32. The molecule has 5 nitrogen and oxygen atoms in total. The van der Waals surface area contributed by atoms with Crippen LogP contribution in [0.1, 0.15) is 25.7 Å². The van der Waals surface area contributed by atoms with Gasteiger partial charge in [-0.25, -0.2) is 0 Å². The molecule has 2 fully saturated rings. The van der Waals surface area contributed by atoms with Gasteiger partial charge >= 0.3 is 0 Å². The number of amides is 1. The highest BCUT2D eigenvalue weighted by molar-refractivity contribution is 5.85. The first-order valence-electron chi connectivity index (χ1n) is 7.06. The number of nitrogens with zero attached hydrogens (tertiary/aromatic N) is 1. The summed E-state index contributed by atoms with van der Waals surface area (Å²) in [7, 11) is 2.16. The minimum absolute atomic E-state index is 0. The van der Waals surface area contributed by atoms with E-state index in [-0.39, 0.29) is 36.8 Å². The van der Waals surface area contributed by atoms with Crippen molar-refractivity contribution < 1.29 is 9.53 Å². The quantitative estimate of drug-likeness (QED) is 0.784. The van der Waals surface area contributed by atoms with Crippen LogP contribution in [0.15, 0.2) is 0 Å². The molecule has 2 rings (SSSR count). The Balaban J connectivity index is 0.00000180. The van der Waals surface area contributed by atoms with Gasteiger partial charge in [0.2, 0.25) is 5.91 Å². The molecule has 0 aromatic rings. The lowest BCUT2D eigenvalue weighted by Gasteiger charge is -2.26. The monoisotopic (exact) mass is 327 g/mol. The summed E-state index contributed by atoms with van der Waals surface area (Å²) >= 11 is 0. The van der Waals surface area contributed by atoms with Crippen molar-refractivity contribution in [3.63, 3.8) is 0 Å². The molecule has 20 heavy (non-hydrogen) atoms. The van der Waals surface area contributed by atoms with Crippen molar-refractivity contribution >= 4 is 30.7 Å². The van der Waals surface area contributed by atoms with Crippen molar-refractivity contribution in [2.45, 2.75) is 37.8 Å². The smallest absolute Gasteiger partial charge is 0.239 e. The Morgan fingerprint density at radius 1 is 1.35 bits per heavy atom. The van der Waals surface area contributed by atoms with E-state index in [1.165, 1.54) is 25.7 Å². The third-order valence-corrected chi connectivity index (χ3v) is 3.95. The molecule has 0 bridgehead atoms. The Labute approximate surface area is 134 Å². The van der Waals surface area contributed by atoms with Gasteiger partial charge in [0.05, 0.1) is 13.2 Å². The molecule has 2 aliphatic rings. The number of morpholine rings is 1. The van der Waals surface area contributed by atoms with Gasteiger partial charge in [-0.15, -0.1) is 24.8 Å². The van der Waals surface area contributed by atoms with E-state index in [0.717, 1.165) is 25.7 Å². The normalized spacial score (nSPS) is 23.0. The molecule has 1 unspecified atom stereocenters. The molecular weight excluding hydrogens is 301 g/mol. The van der Waals surface area contributed by atoms with E-state index in [9.17, 15) is 4.79 Å². The van der Waals surface area contributed by atoms with E-state index in [1.54, 1.807) is 0 Å². The summed E-state index contributed by atoms with van der Waals surface area (Å²) in [6, 6.07) is 0.550. The zero-order valence-electron chi connectivity index (χ0n) is 12.1. The number of carbonyl (C=O) groups is 1. The maximum absolute atomic E-state index is 11.8. The SMILES string of the molecule is CN(CCNC(=O)C1COCCN1)C1CCCC1.Cl.Cl. The molecule has 1 saturated heterocycles. The van der Waals surface area contributed by atoms with Gasteiger partial charge in [0.1, 0.15) is 6.04 Å². The second-order valence-corrected chi connectivity index (χ2v) is 5.29. The Bertz CT molecular complexity index is 270. The number of hydrogen-bond acceptors (Lipinski definition) is 4. The molecule has 1 aliphatic carbocycles. The minimum Gasteiger partial charge on any atom is -0.378 e. The summed E-state index contributed by atoms with van der Waals surface area (Å²) in [6.45, 7) is 3.62. The van der Waals surface area contributed by atoms with Crippen LogP contribution in [0.2, 0.25) is 0 Å². The van der Waals surface area contributed by atoms with Crippen LogP contribution in [-0.2, 0) is 9.53 Å². The number of rotatable bonds is 5. The van der Waals surface area contributed by atoms with Crippen LogP contribution in [-0.4, -0.2) is 62.8 Å². The summed E-state index contributed by atoms with van der Waals surface area (Å²) in [5.41, 5.74) is 0. The van der Waals surface area contributed by atoms with Gasteiger partial charge in [0.25, 0.3) is 0 Å². The fourth-order valence-corrected chi connectivity index (χ4v) is 2.74. The van der Waals surface area contributed by atoms with Crippen LogP contribution in [0.25, 0.3) is 0 Å². The van der Waals surface area contributed by atoms with Crippen LogP contribution in [0.3, 0.4) is 0 Å². The summed E-state index contributed by atoms with van der Waals surface area (Å²) in [4.78, 5) is 14.2.